The number of nitrogens with zero attached hydrogens (tertiary/aromatic N) is 2. The lowest BCUT2D eigenvalue weighted by molar-refractivity contribution is 0.400. The zero-order valence-corrected chi connectivity index (χ0v) is 13.6. The summed E-state index contributed by atoms with van der Waals surface area (Å²) in [7, 11) is 3.65. The number of hydrogen-bond acceptors (Lipinski definition) is 3. The third-order valence-electron chi connectivity index (χ3n) is 3.91. The quantitative estimate of drug-likeness (QED) is 0.887. The van der Waals surface area contributed by atoms with Crippen LogP contribution >= 0.6 is 0 Å². The SMILES string of the molecule is CCCNC(c1ccc(C)c(C)c1)c1c(OC)cnn1C. The number of benzene rings is 1. The highest BCUT2D eigenvalue weighted by Crippen LogP contribution is 2.30. The lowest BCUT2D eigenvalue weighted by Gasteiger charge is -2.21. The number of rotatable bonds is 6. The molecule has 0 spiro atoms. The van der Waals surface area contributed by atoms with E-state index in [-0.39, 0.29) is 6.04 Å². The third-order valence-corrected chi connectivity index (χ3v) is 3.91. The number of nitrogens with one attached hydrogen (secondary N) is 1. The minimum Gasteiger partial charge on any atom is -0.493 e. The van der Waals surface area contributed by atoms with Crippen molar-refractivity contribution in [2.24, 2.45) is 7.05 Å². The van der Waals surface area contributed by atoms with Gasteiger partial charge in [0.2, 0.25) is 0 Å². The maximum atomic E-state index is 5.48. The average Bonchev–Trinajstić information content (AvgIpc) is 2.84. The molecule has 114 valence electrons. The molecule has 0 bridgehead atoms. The van der Waals surface area contributed by atoms with Gasteiger partial charge in [0.1, 0.15) is 5.69 Å². The van der Waals surface area contributed by atoms with Gasteiger partial charge in [0.15, 0.2) is 5.75 Å². The summed E-state index contributed by atoms with van der Waals surface area (Å²) in [5, 5.41) is 7.94. The molecule has 4 nitrogen and oxygen atoms in total. The zero-order chi connectivity index (χ0) is 15.4. The van der Waals surface area contributed by atoms with Crippen LogP contribution in [0.5, 0.6) is 5.75 Å². The minimum absolute atomic E-state index is 0.0895. The number of aromatic nitrogens is 2. The van der Waals surface area contributed by atoms with Crippen LogP contribution in [0.2, 0.25) is 0 Å². The van der Waals surface area contributed by atoms with Crippen LogP contribution in [-0.2, 0) is 7.05 Å². The van der Waals surface area contributed by atoms with Gasteiger partial charge >= 0.3 is 0 Å². The molecule has 0 aliphatic carbocycles. The molecule has 0 aliphatic heterocycles. The molecule has 1 aromatic carbocycles. The fourth-order valence-corrected chi connectivity index (χ4v) is 2.52. The summed E-state index contributed by atoms with van der Waals surface area (Å²) >= 11 is 0. The second-order valence-corrected chi connectivity index (χ2v) is 5.45. The van der Waals surface area contributed by atoms with Crippen molar-refractivity contribution >= 4 is 0 Å². The highest BCUT2D eigenvalue weighted by Gasteiger charge is 2.22. The number of hydrogen-bond donors (Lipinski definition) is 1. The van der Waals surface area contributed by atoms with Gasteiger partial charge in [-0.05, 0) is 43.5 Å². The van der Waals surface area contributed by atoms with Gasteiger partial charge in [-0.1, -0.05) is 25.1 Å². The Bertz CT molecular complexity index is 604. The topological polar surface area (TPSA) is 39.1 Å². The van der Waals surface area contributed by atoms with Gasteiger partial charge < -0.3 is 10.1 Å². The summed E-state index contributed by atoms with van der Waals surface area (Å²) in [5.74, 6) is 0.823. The summed E-state index contributed by atoms with van der Waals surface area (Å²) in [6.07, 6.45) is 2.86. The Labute approximate surface area is 127 Å². The van der Waals surface area contributed by atoms with E-state index in [1.807, 2.05) is 11.7 Å². The van der Waals surface area contributed by atoms with Crippen molar-refractivity contribution in [2.75, 3.05) is 13.7 Å². The Hall–Kier alpha value is -1.81. The first kappa shape index (κ1) is 15.6. The molecule has 0 radical (unpaired) electrons. The number of methoxy groups -OCH3 is 1. The van der Waals surface area contributed by atoms with Crippen LogP contribution in [0.3, 0.4) is 0 Å². The van der Waals surface area contributed by atoms with Crippen molar-refractivity contribution in [2.45, 2.75) is 33.2 Å². The fraction of sp³-hybridized carbons (Fsp3) is 0.471. The Balaban J connectivity index is 2.46. The molecule has 0 saturated heterocycles. The van der Waals surface area contributed by atoms with Crippen LogP contribution in [0.4, 0.5) is 0 Å². The van der Waals surface area contributed by atoms with E-state index in [4.69, 9.17) is 4.74 Å². The lowest BCUT2D eigenvalue weighted by atomic mass is 9.98. The predicted octanol–water partition coefficient (Wildman–Crippen LogP) is 3.13. The summed E-state index contributed by atoms with van der Waals surface area (Å²) in [5.41, 5.74) is 4.92. The first-order chi connectivity index (χ1) is 10.1. The maximum Gasteiger partial charge on any atom is 0.161 e. The minimum atomic E-state index is 0.0895. The van der Waals surface area contributed by atoms with E-state index in [1.165, 1.54) is 16.7 Å². The van der Waals surface area contributed by atoms with Gasteiger partial charge in [0.25, 0.3) is 0 Å². The van der Waals surface area contributed by atoms with E-state index in [9.17, 15) is 0 Å². The highest BCUT2D eigenvalue weighted by atomic mass is 16.5. The second kappa shape index (κ2) is 6.76. The van der Waals surface area contributed by atoms with Gasteiger partial charge in [-0.25, -0.2) is 0 Å². The van der Waals surface area contributed by atoms with Gasteiger partial charge in [-0.3, -0.25) is 4.68 Å². The molecule has 2 rings (SSSR count). The van der Waals surface area contributed by atoms with Crippen LogP contribution < -0.4 is 10.1 Å². The van der Waals surface area contributed by atoms with E-state index in [0.717, 1.165) is 24.4 Å². The van der Waals surface area contributed by atoms with Gasteiger partial charge in [0.05, 0.1) is 19.3 Å². The summed E-state index contributed by atoms with van der Waals surface area (Å²) in [6.45, 7) is 7.41. The van der Waals surface area contributed by atoms with Gasteiger partial charge in [-0.2, -0.15) is 5.10 Å². The van der Waals surface area contributed by atoms with Crippen molar-refractivity contribution in [1.29, 1.82) is 0 Å². The van der Waals surface area contributed by atoms with Crippen LogP contribution in [0, 0.1) is 13.8 Å². The predicted molar refractivity (Wildman–Crippen MR) is 85.8 cm³/mol. The fourth-order valence-electron chi connectivity index (χ4n) is 2.52. The van der Waals surface area contributed by atoms with Gasteiger partial charge in [0, 0.05) is 7.05 Å². The van der Waals surface area contributed by atoms with Crippen molar-refractivity contribution in [3.05, 3.63) is 46.8 Å². The van der Waals surface area contributed by atoms with E-state index in [0.29, 0.717) is 0 Å². The molecule has 1 aromatic heterocycles. The van der Waals surface area contributed by atoms with Gasteiger partial charge in [-0.15, -0.1) is 0 Å². The van der Waals surface area contributed by atoms with Crippen molar-refractivity contribution in [3.8, 4) is 5.75 Å². The van der Waals surface area contributed by atoms with Crippen LogP contribution in [0.15, 0.2) is 24.4 Å². The van der Waals surface area contributed by atoms with Crippen molar-refractivity contribution in [3.63, 3.8) is 0 Å². The Morgan fingerprint density at radius 2 is 2.05 bits per heavy atom. The third kappa shape index (κ3) is 3.27. The Kier molecular flexibility index (Phi) is 5.02. The number of aryl methyl sites for hydroxylation is 3. The first-order valence-corrected chi connectivity index (χ1v) is 7.44. The first-order valence-electron chi connectivity index (χ1n) is 7.44. The average molecular weight is 287 g/mol. The molecular weight excluding hydrogens is 262 g/mol. The maximum absolute atomic E-state index is 5.48. The van der Waals surface area contributed by atoms with Crippen LogP contribution in [0.25, 0.3) is 0 Å². The summed E-state index contributed by atoms with van der Waals surface area (Å²) in [4.78, 5) is 0. The summed E-state index contributed by atoms with van der Waals surface area (Å²) < 4.78 is 7.37. The zero-order valence-electron chi connectivity index (χ0n) is 13.6. The van der Waals surface area contributed by atoms with E-state index in [2.05, 4.69) is 49.4 Å². The number of ether oxygens (including phenoxy) is 1. The molecule has 1 atom stereocenters. The molecule has 0 fully saturated rings. The standard InChI is InChI=1S/C17H25N3O/c1-6-9-18-16(14-8-7-12(2)13(3)10-14)17-15(21-5)11-19-20(17)4/h7-8,10-11,16,18H,6,9H2,1-5H3. The monoisotopic (exact) mass is 287 g/mol. The second-order valence-electron chi connectivity index (χ2n) is 5.45. The molecule has 1 N–H and O–H groups in total. The molecular formula is C17H25N3O. The lowest BCUT2D eigenvalue weighted by Crippen LogP contribution is -2.25. The smallest absolute Gasteiger partial charge is 0.161 e. The van der Waals surface area contributed by atoms with Crippen molar-refractivity contribution in [1.82, 2.24) is 15.1 Å². The largest absolute Gasteiger partial charge is 0.493 e. The molecule has 0 aliphatic rings. The van der Waals surface area contributed by atoms with Crippen LogP contribution in [-0.4, -0.2) is 23.4 Å². The van der Waals surface area contributed by atoms with E-state index in [1.54, 1.807) is 13.3 Å². The molecule has 0 saturated carbocycles. The molecule has 4 heteroatoms. The van der Waals surface area contributed by atoms with Crippen molar-refractivity contribution < 1.29 is 4.74 Å². The normalized spacial score (nSPS) is 12.4. The molecule has 1 unspecified atom stereocenters. The molecule has 2 aromatic rings. The summed E-state index contributed by atoms with van der Waals surface area (Å²) in [6, 6.07) is 6.69. The van der Waals surface area contributed by atoms with E-state index < -0.39 is 0 Å². The molecule has 1 heterocycles. The van der Waals surface area contributed by atoms with E-state index >= 15 is 0 Å². The molecule has 0 amide bonds. The van der Waals surface area contributed by atoms with Crippen LogP contribution in [0.1, 0.15) is 41.8 Å². The molecule has 21 heavy (non-hydrogen) atoms. The Morgan fingerprint density at radius 1 is 1.29 bits per heavy atom. The Morgan fingerprint density at radius 3 is 2.67 bits per heavy atom. The highest BCUT2D eigenvalue weighted by molar-refractivity contribution is 5.39.